The summed E-state index contributed by atoms with van der Waals surface area (Å²) >= 11 is 0. The number of carbonyl (C=O) groups is 1. The number of piperidine rings is 1. The first kappa shape index (κ1) is 24.0. The number of hydrogen-bond acceptors (Lipinski definition) is 7. The van der Waals surface area contributed by atoms with Gasteiger partial charge in [0.2, 0.25) is 5.91 Å². The number of H-pyrrole nitrogens is 1. The zero-order valence-corrected chi connectivity index (χ0v) is 20.9. The van der Waals surface area contributed by atoms with Crippen molar-refractivity contribution >= 4 is 33.0 Å². The SMILES string of the molecule is CN(CC1CCCN(C(=O)CCC#N)C1)S(=O)(=O)N1CCN(c2ncnc3[nH]ccc23)CC12CC2. The molecule has 0 radical (unpaired) electrons. The molecule has 1 aliphatic carbocycles. The maximum Gasteiger partial charge on any atom is 0.282 e. The number of carbonyl (C=O) groups excluding carboxylic acids is 1. The van der Waals surface area contributed by atoms with Gasteiger partial charge in [0, 0.05) is 65.4 Å². The van der Waals surface area contributed by atoms with E-state index < -0.39 is 15.7 Å². The molecule has 4 heterocycles. The molecule has 12 heteroatoms. The van der Waals surface area contributed by atoms with E-state index in [1.165, 1.54) is 4.31 Å². The molecule has 2 aliphatic heterocycles. The fourth-order valence-electron chi connectivity index (χ4n) is 5.55. The van der Waals surface area contributed by atoms with Crippen LogP contribution in [0.25, 0.3) is 11.0 Å². The number of anilines is 1. The average Bonchev–Trinajstić information content (AvgIpc) is 3.43. The van der Waals surface area contributed by atoms with Crippen molar-refractivity contribution in [2.75, 3.05) is 51.2 Å². The third-order valence-corrected chi connectivity index (χ3v) is 9.62. The Bertz CT molecular complexity index is 1230. The van der Waals surface area contributed by atoms with Crippen molar-refractivity contribution in [3.8, 4) is 6.07 Å². The lowest BCUT2D eigenvalue weighted by Gasteiger charge is -2.43. The summed E-state index contributed by atoms with van der Waals surface area (Å²) in [6, 6.07) is 3.98. The summed E-state index contributed by atoms with van der Waals surface area (Å²) in [6.07, 6.45) is 7.24. The van der Waals surface area contributed by atoms with Crippen molar-refractivity contribution in [2.24, 2.45) is 5.92 Å². The zero-order valence-electron chi connectivity index (χ0n) is 20.1. The summed E-state index contributed by atoms with van der Waals surface area (Å²) in [5, 5.41) is 9.70. The van der Waals surface area contributed by atoms with E-state index >= 15 is 0 Å². The molecule has 1 unspecified atom stereocenters. The summed E-state index contributed by atoms with van der Waals surface area (Å²) < 4.78 is 30.5. The molecule has 2 saturated heterocycles. The second-order valence-electron chi connectivity index (χ2n) is 9.95. The van der Waals surface area contributed by atoms with Crippen LogP contribution in [0.5, 0.6) is 0 Å². The predicted octanol–water partition coefficient (Wildman–Crippen LogP) is 1.33. The monoisotopic (exact) mass is 500 g/mol. The number of rotatable bonds is 7. The zero-order chi connectivity index (χ0) is 24.6. The van der Waals surface area contributed by atoms with E-state index in [4.69, 9.17) is 5.26 Å². The Morgan fingerprint density at radius 1 is 1.31 bits per heavy atom. The first-order valence-corrected chi connectivity index (χ1v) is 13.7. The Hall–Kier alpha value is -2.75. The fourth-order valence-corrected chi connectivity index (χ4v) is 7.33. The Morgan fingerprint density at radius 2 is 2.14 bits per heavy atom. The van der Waals surface area contributed by atoms with Gasteiger partial charge in [-0.15, -0.1) is 0 Å². The van der Waals surface area contributed by atoms with Crippen LogP contribution >= 0.6 is 0 Å². The summed E-state index contributed by atoms with van der Waals surface area (Å²) in [4.78, 5) is 28.2. The maximum atomic E-state index is 13.7. The molecule has 35 heavy (non-hydrogen) atoms. The lowest BCUT2D eigenvalue weighted by Crippen LogP contribution is -2.60. The third-order valence-electron chi connectivity index (χ3n) is 7.56. The van der Waals surface area contributed by atoms with E-state index in [0.717, 1.165) is 42.5 Å². The van der Waals surface area contributed by atoms with Gasteiger partial charge >= 0.3 is 0 Å². The van der Waals surface area contributed by atoms with Gasteiger partial charge in [0.15, 0.2) is 0 Å². The largest absolute Gasteiger partial charge is 0.353 e. The van der Waals surface area contributed by atoms with Crippen LogP contribution in [0.4, 0.5) is 5.82 Å². The van der Waals surface area contributed by atoms with Crippen LogP contribution in [0.15, 0.2) is 18.6 Å². The van der Waals surface area contributed by atoms with Gasteiger partial charge in [-0.2, -0.15) is 22.3 Å². The van der Waals surface area contributed by atoms with Gasteiger partial charge < -0.3 is 14.8 Å². The topological polar surface area (TPSA) is 130 Å². The second-order valence-corrected chi connectivity index (χ2v) is 11.9. The number of amides is 1. The van der Waals surface area contributed by atoms with Crippen molar-refractivity contribution in [2.45, 2.75) is 44.1 Å². The lowest BCUT2D eigenvalue weighted by molar-refractivity contribution is -0.132. The highest BCUT2D eigenvalue weighted by atomic mass is 32.2. The Balaban J connectivity index is 1.25. The number of piperazine rings is 1. The molecule has 1 N–H and O–H groups in total. The standard InChI is InChI=1S/C23H32N8O3S/c1-28(14-18-4-3-11-29(15-18)20(32)5-2-9-24)35(33,34)31-13-12-30(16-23(31)7-8-23)22-19-6-10-25-21(19)26-17-27-22/h6,10,17-18H,2-5,7-8,11-16H2,1H3,(H,25,26,27). The first-order chi connectivity index (χ1) is 16.8. The van der Waals surface area contributed by atoms with E-state index in [1.54, 1.807) is 22.6 Å². The summed E-state index contributed by atoms with van der Waals surface area (Å²) in [6.45, 7) is 3.20. The van der Waals surface area contributed by atoms with E-state index in [2.05, 4.69) is 19.9 Å². The Labute approximate surface area is 205 Å². The van der Waals surface area contributed by atoms with Crippen molar-refractivity contribution in [1.82, 2.24) is 28.5 Å². The highest BCUT2D eigenvalue weighted by Gasteiger charge is 2.56. The Morgan fingerprint density at radius 3 is 2.91 bits per heavy atom. The van der Waals surface area contributed by atoms with Crippen LogP contribution in [-0.2, 0) is 15.0 Å². The normalized spacial score (nSPS) is 22.6. The van der Waals surface area contributed by atoms with Crippen LogP contribution in [0.1, 0.15) is 38.5 Å². The molecule has 1 amide bonds. The Kier molecular flexibility index (Phi) is 6.41. The molecule has 0 bridgehead atoms. The second kappa shape index (κ2) is 9.37. The minimum atomic E-state index is -3.64. The first-order valence-electron chi connectivity index (χ1n) is 12.3. The van der Waals surface area contributed by atoms with Crippen molar-refractivity contribution in [3.63, 3.8) is 0 Å². The van der Waals surface area contributed by atoms with Gasteiger partial charge in [-0.25, -0.2) is 9.97 Å². The molecular formula is C23H32N8O3S. The number of aromatic amines is 1. The molecule has 3 aliphatic rings. The highest BCUT2D eigenvalue weighted by Crippen LogP contribution is 2.47. The predicted molar refractivity (Wildman–Crippen MR) is 130 cm³/mol. The minimum absolute atomic E-state index is 0.0175. The number of likely N-dealkylation sites (tertiary alicyclic amines) is 1. The van der Waals surface area contributed by atoms with Gasteiger partial charge in [-0.3, -0.25) is 4.79 Å². The van der Waals surface area contributed by atoms with E-state index in [0.29, 0.717) is 39.3 Å². The number of hydrogen-bond donors (Lipinski definition) is 1. The van der Waals surface area contributed by atoms with Gasteiger partial charge in [-0.05, 0) is 37.7 Å². The van der Waals surface area contributed by atoms with Gasteiger partial charge in [-0.1, -0.05) is 0 Å². The number of nitrogens with one attached hydrogen (secondary N) is 1. The molecule has 2 aromatic heterocycles. The highest BCUT2D eigenvalue weighted by molar-refractivity contribution is 7.86. The summed E-state index contributed by atoms with van der Waals surface area (Å²) in [5.41, 5.74) is 0.382. The summed E-state index contributed by atoms with van der Waals surface area (Å²) in [5.74, 6) is 0.918. The quantitative estimate of drug-likeness (QED) is 0.607. The van der Waals surface area contributed by atoms with Crippen LogP contribution in [0, 0.1) is 17.2 Å². The maximum absolute atomic E-state index is 13.7. The number of nitrogens with zero attached hydrogens (tertiary/aromatic N) is 7. The molecule has 11 nitrogen and oxygen atoms in total. The molecule has 0 aromatic carbocycles. The molecule has 1 spiro atoms. The van der Waals surface area contributed by atoms with Crippen molar-refractivity contribution < 1.29 is 13.2 Å². The van der Waals surface area contributed by atoms with E-state index in [-0.39, 0.29) is 24.7 Å². The van der Waals surface area contributed by atoms with Crippen LogP contribution in [-0.4, -0.2) is 94.6 Å². The van der Waals surface area contributed by atoms with Crippen molar-refractivity contribution in [1.29, 1.82) is 5.26 Å². The van der Waals surface area contributed by atoms with Crippen LogP contribution < -0.4 is 4.90 Å². The number of nitriles is 1. The molecule has 2 aromatic rings. The number of fused-ring (bicyclic) bond motifs is 1. The van der Waals surface area contributed by atoms with Crippen molar-refractivity contribution in [3.05, 3.63) is 18.6 Å². The molecule has 1 atom stereocenters. The molecule has 3 fully saturated rings. The average molecular weight is 501 g/mol. The van der Waals surface area contributed by atoms with Gasteiger partial charge in [0.1, 0.15) is 17.8 Å². The smallest absolute Gasteiger partial charge is 0.282 e. The van der Waals surface area contributed by atoms with Gasteiger partial charge in [0.25, 0.3) is 10.2 Å². The lowest BCUT2D eigenvalue weighted by atomic mass is 9.97. The molecule has 1 saturated carbocycles. The van der Waals surface area contributed by atoms with Crippen LogP contribution in [0.3, 0.4) is 0 Å². The summed E-state index contributed by atoms with van der Waals surface area (Å²) in [7, 11) is -1.99. The van der Waals surface area contributed by atoms with Gasteiger partial charge in [0.05, 0.1) is 17.0 Å². The molecule has 188 valence electrons. The molecular weight excluding hydrogens is 468 g/mol. The number of aromatic nitrogens is 3. The van der Waals surface area contributed by atoms with Crippen LogP contribution in [0.2, 0.25) is 0 Å². The third kappa shape index (κ3) is 4.60. The fraction of sp³-hybridized carbons (Fsp3) is 0.652. The molecule has 5 rings (SSSR count). The minimum Gasteiger partial charge on any atom is -0.353 e. The van der Waals surface area contributed by atoms with E-state index in [1.807, 2.05) is 18.3 Å². The van der Waals surface area contributed by atoms with E-state index in [9.17, 15) is 13.2 Å².